The smallest absolute Gasteiger partial charge is 0.408 e. The van der Waals surface area contributed by atoms with Crippen molar-refractivity contribution in [1.29, 1.82) is 0 Å². The van der Waals surface area contributed by atoms with E-state index in [1.165, 1.54) is 34.7 Å². The number of amides is 2. The average molecular weight is 527 g/mol. The SMILES string of the molecule is NC(=O)Oc1ccccc1-n1ncc(C(=O)N2CC3CN(CC[CH]c4ccccc4)C[C@H]3C2)c1C(F)(F)F. The van der Waals surface area contributed by atoms with Gasteiger partial charge < -0.3 is 20.3 Å². The second kappa shape index (κ2) is 10.5. The summed E-state index contributed by atoms with van der Waals surface area (Å²) in [5.41, 5.74) is 4.32. The van der Waals surface area contributed by atoms with Gasteiger partial charge in [-0.15, -0.1) is 0 Å². The monoisotopic (exact) mass is 526 g/mol. The second-order valence-electron chi connectivity index (χ2n) is 9.60. The van der Waals surface area contributed by atoms with E-state index in [1.54, 1.807) is 0 Å². The largest absolute Gasteiger partial charge is 0.434 e. The van der Waals surface area contributed by atoms with Gasteiger partial charge in [0.25, 0.3) is 5.91 Å². The Balaban J connectivity index is 1.27. The molecule has 3 heterocycles. The Morgan fingerprint density at radius 1 is 1.00 bits per heavy atom. The third kappa shape index (κ3) is 5.38. The van der Waals surface area contributed by atoms with E-state index >= 15 is 0 Å². The molecule has 2 aliphatic heterocycles. The van der Waals surface area contributed by atoms with Crippen LogP contribution in [0.2, 0.25) is 0 Å². The van der Waals surface area contributed by atoms with E-state index in [4.69, 9.17) is 10.5 Å². The van der Waals surface area contributed by atoms with E-state index in [9.17, 15) is 22.8 Å². The van der Waals surface area contributed by atoms with E-state index < -0.39 is 29.4 Å². The first-order valence-electron chi connectivity index (χ1n) is 12.3. The lowest BCUT2D eigenvalue weighted by atomic mass is 10.0. The number of likely N-dealkylation sites (tertiary alicyclic amines) is 2. The molecule has 0 spiro atoms. The number of carbonyl (C=O) groups excluding carboxylic acids is 2. The molecule has 1 unspecified atom stereocenters. The summed E-state index contributed by atoms with van der Waals surface area (Å²) in [7, 11) is 0. The Morgan fingerprint density at radius 2 is 1.66 bits per heavy atom. The number of aromatic nitrogens is 2. The van der Waals surface area contributed by atoms with Crippen molar-refractivity contribution in [3.8, 4) is 11.4 Å². The van der Waals surface area contributed by atoms with Crippen LogP contribution < -0.4 is 10.5 Å². The van der Waals surface area contributed by atoms with Gasteiger partial charge in [-0.05, 0) is 48.9 Å². The van der Waals surface area contributed by atoms with Crippen molar-refractivity contribution < 1.29 is 27.5 Å². The lowest BCUT2D eigenvalue weighted by Gasteiger charge is -2.22. The third-order valence-electron chi connectivity index (χ3n) is 7.05. The average Bonchev–Trinajstić information content (AvgIpc) is 3.57. The first kappa shape index (κ1) is 25.8. The number of nitrogens with zero attached hydrogens (tertiary/aromatic N) is 4. The summed E-state index contributed by atoms with van der Waals surface area (Å²) in [6.07, 6.45) is -2.05. The van der Waals surface area contributed by atoms with Crippen LogP contribution in [0.3, 0.4) is 0 Å². The maximum atomic E-state index is 14.2. The van der Waals surface area contributed by atoms with Crippen LogP contribution in [0, 0.1) is 18.3 Å². The third-order valence-corrected chi connectivity index (χ3v) is 7.05. The minimum Gasteiger partial charge on any atom is -0.408 e. The number of ether oxygens (including phenoxy) is 1. The van der Waals surface area contributed by atoms with Crippen LogP contribution in [0.5, 0.6) is 5.75 Å². The van der Waals surface area contributed by atoms with Gasteiger partial charge in [0.15, 0.2) is 11.4 Å². The first-order chi connectivity index (χ1) is 18.2. The number of benzene rings is 2. The Morgan fingerprint density at radius 3 is 2.32 bits per heavy atom. The predicted octanol–water partition coefficient (Wildman–Crippen LogP) is 4.00. The highest BCUT2D eigenvalue weighted by Crippen LogP contribution is 2.38. The molecule has 1 aromatic heterocycles. The van der Waals surface area contributed by atoms with Crippen LogP contribution in [-0.2, 0) is 6.18 Å². The molecule has 5 rings (SSSR count). The van der Waals surface area contributed by atoms with E-state index in [0.29, 0.717) is 17.8 Å². The molecule has 11 heteroatoms. The summed E-state index contributed by atoms with van der Waals surface area (Å²) in [6, 6.07) is 15.7. The number of nitrogens with two attached hydrogens (primary N) is 1. The summed E-state index contributed by atoms with van der Waals surface area (Å²) >= 11 is 0. The molecule has 2 N–H and O–H groups in total. The highest BCUT2D eigenvalue weighted by molar-refractivity contribution is 5.95. The zero-order valence-corrected chi connectivity index (χ0v) is 20.5. The first-order valence-corrected chi connectivity index (χ1v) is 12.3. The molecule has 1 radical (unpaired) electrons. The molecule has 8 nitrogen and oxygen atoms in total. The van der Waals surface area contributed by atoms with Crippen molar-refractivity contribution >= 4 is 12.0 Å². The zero-order valence-electron chi connectivity index (χ0n) is 20.5. The van der Waals surface area contributed by atoms with E-state index in [0.717, 1.165) is 32.3 Å². The van der Waals surface area contributed by atoms with Gasteiger partial charge in [-0.2, -0.15) is 18.3 Å². The predicted molar refractivity (Wildman–Crippen MR) is 133 cm³/mol. The molecule has 2 amide bonds. The van der Waals surface area contributed by atoms with Gasteiger partial charge in [0.05, 0.1) is 11.8 Å². The minimum absolute atomic E-state index is 0.154. The number of alkyl halides is 3. The Hall–Kier alpha value is -3.86. The zero-order chi connectivity index (χ0) is 26.9. The van der Waals surface area contributed by atoms with Crippen LogP contribution in [0.4, 0.5) is 18.0 Å². The topological polar surface area (TPSA) is 93.7 Å². The highest BCUT2D eigenvalue weighted by Gasteiger charge is 2.45. The molecule has 3 aromatic rings. The van der Waals surface area contributed by atoms with Crippen LogP contribution in [-0.4, -0.2) is 64.3 Å². The van der Waals surface area contributed by atoms with Gasteiger partial charge in [-0.1, -0.05) is 42.5 Å². The standard InChI is InChI=1S/C27H27F3N5O3/c28-27(29,30)24-21(13-32-35(24)22-10-4-5-11-23(22)38-26(31)37)25(36)34-16-19-14-33(15-20(19)17-34)12-6-9-18-7-2-1-3-8-18/h1-5,7-11,13,19-20H,6,12,14-17H2,(H2,31,37)/t19-,20?/m0/s1. The van der Waals surface area contributed by atoms with Crippen LogP contribution in [0.25, 0.3) is 5.69 Å². The van der Waals surface area contributed by atoms with E-state index in [1.807, 2.05) is 18.2 Å². The van der Waals surface area contributed by atoms with Crippen molar-refractivity contribution in [1.82, 2.24) is 19.6 Å². The van der Waals surface area contributed by atoms with Gasteiger partial charge in [-0.3, -0.25) is 4.79 Å². The van der Waals surface area contributed by atoms with Crippen molar-refractivity contribution in [2.75, 3.05) is 32.7 Å². The fourth-order valence-electron chi connectivity index (χ4n) is 5.40. The van der Waals surface area contributed by atoms with Gasteiger partial charge in [0, 0.05) is 26.2 Å². The fourth-order valence-corrected chi connectivity index (χ4v) is 5.40. The second-order valence-corrected chi connectivity index (χ2v) is 9.60. The van der Waals surface area contributed by atoms with Crippen LogP contribution >= 0.6 is 0 Å². The summed E-state index contributed by atoms with van der Waals surface area (Å²) in [5.74, 6) is -0.488. The number of hydrogen-bond acceptors (Lipinski definition) is 5. The molecular formula is C27H27F3N5O3. The Kier molecular flexibility index (Phi) is 7.11. The number of fused-ring (bicyclic) bond motifs is 1. The van der Waals surface area contributed by atoms with Gasteiger partial charge in [-0.25, -0.2) is 9.48 Å². The lowest BCUT2D eigenvalue weighted by Crippen LogP contribution is -2.34. The fraction of sp³-hybridized carbons (Fsp3) is 0.333. The summed E-state index contributed by atoms with van der Waals surface area (Å²) in [5, 5.41) is 3.86. The Labute approximate surface area is 217 Å². The van der Waals surface area contributed by atoms with E-state index in [2.05, 4.69) is 28.6 Å². The van der Waals surface area contributed by atoms with Crippen LogP contribution in [0.1, 0.15) is 28.0 Å². The molecule has 0 saturated carbocycles. The lowest BCUT2D eigenvalue weighted by molar-refractivity contribution is -0.143. The molecule has 2 aliphatic rings. The van der Waals surface area contributed by atoms with Gasteiger partial charge in [0.1, 0.15) is 5.69 Å². The quantitative estimate of drug-likeness (QED) is 0.503. The van der Waals surface area contributed by atoms with Gasteiger partial charge in [0.2, 0.25) is 0 Å². The molecule has 38 heavy (non-hydrogen) atoms. The molecule has 2 saturated heterocycles. The number of hydrogen-bond donors (Lipinski definition) is 1. The molecule has 0 bridgehead atoms. The highest BCUT2D eigenvalue weighted by atomic mass is 19.4. The number of halogens is 3. The van der Waals surface area contributed by atoms with Crippen molar-refractivity contribution in [3.05, 3.63) is 84.0 Å². The molecule has 2 aromatic carbocycles. The summed E-state index contributed by atoms with van der Waals surface area (Å²) < 4.78 is 48.1. The number of para-hydroxylation sites is 2. The van der Waals surface area contributed by atoms with Gasteiger partial charge >= 0.3 is 12.3 Å². The van der Waals surface area contributed by atoms with Crippen molar-refractivity contribution in [2.45, 2.75) is 12.6 Å². The molecule has 199 valence electrons. The van der Waals surface area contributed by atoms with E-state index in [-0.39, 0.29) is 23.3 Å². The Bertz CT molecular complexity index is 1300. The maximum absolute atomic E-state index is 14.2. The maximum Gasteiger partial charge on any atom is 0.434 e. The summed E-state index contributed by atoms with van der Waals surface area (Å²) in [4.78, 5) is 28.4. The van der Waals surface area contributed by atoms with Crippen molar-refractivity contribution in [3.63, 3.8) is 0 Å². The number of rotatable bonds is 7. The molecular weight excluding hydrogens is 499 g/mol. The molecule has 2 atom stereocenters. The molecule has 2 fully saturated rings. The normalized spacial score (nSPS) is 19.5. The number of primary amides is 1. The minimum atomic E-state index is -4.89. The number of carbonyl (C=O) groups is 2. The summed E-state index contributed by atoms with van der Waals surface area (Å²) in [6.45, 7) is 3.30. The van der Waals surface area contributed by atoms with Crippen molar-refractivity contribution in [2.24, 2.45) is 17.6 Å². The van der Waals surface area contributed by atoms with Crippen LogP contribution in [0.15, 0.2) is 60.8 Å². The molecule has 0 aliphatic carbocycles.